The number of rotatable bonds is 8. The van der Waals surface area contributed by atoms with E-state index in [1.165, 1.54) is 32.4 Å². The number of para-hydroxylation sites is 1. The van der Waals surface area contributed by atoms with Gasteiger partial charge in [0.15, 0.2) is 6.61 Å². The molecule has 9 nitrogen and oxygen atoms in total. The number of anilines is 1. The number of aryl methyl sites for hydroxylation is 1. The van der Waals surface area contributed by atoms with Gasteiger partial charge < -0.3 is 19.5 Å². The lowest BCUT2D eigenvalue weighted by atomic mass is 10.1. The summed E-state index contributed by atoms with van der Waals surface area (Å²) in [5.74, 6) is -2.57. The molecule has 0 aliphatic rings. The van der Waals surface area contributed by atoms with Gasteiger partial charge in [-0.15, -0.1) is 0 Å². The first-order valence-electron chi connectivity index (χ1n) is 10.0. The predicted molar refractivity (Wildman–Crippen MR) is 119 cm³/mol. The molecule has 2 aromatic carbocycles. The summed E-state index contributed by atoms with van der Waals surface area (Å²) in [6.45, 7) is -0.528. The summed E-state index contributed by atoms with van der Waals surface area (Å²) in [6, 6.07) is 15.4. The molecule has 0 aliphatic carbocycles. The Hall–Kier alpha value is -4.27. The van der Waals surface area contributed by atoms with E-state index in [0.29, 0.717) is 6.42 Å². The molecule has 9 heteroatoms. The minimum absolute atomic E-state index is 0.0515. The lowest BCUT2D eigenvalue weighted by molar-refractivity contribution is -0.147. The average molecular weight is 450 g/mol. The van der Waals surface area contributed by atoms with Gasteiger partial charge in [0.2, 0.25) is 0 Å². The smallest absolute Gasteiger partial charge is 0.337 e. The zero-order chi connectivity index (χ0) is 23.8. The van der Waals surface area contributed by atoms with Crippen LogP contribution in [0.4, 0.5) is 5.69 Å². The fraction of sp³-hybridized carbons (Fsp3) is 0.208. The fourth-order valence-electron chi connectivity index (χ4n) is 3.06. The van der Waals surface area contributed by atoms with Crippen molar-refractivity contribution in [3.63, 3.8) is 0 Å². The maximum Gasteiger partial charge on any atom is 0.337 e. The molecule has 0 fully saturated rings. The second-order valence-corrected chi connectivity index (χ2v) is 6.99. The second kappa shape index (κ2) is 10.9. The third-order valence-corrected chi connectivity index (χ3v) is 4.66. The van der Waals surface area contributed by atoms with Crippen molar-refractivity contribution in [3.8, 4) is 0 Å². The van der Waals surface area contributed by atoms with Crippen LogP contribution in [-0.2, 0) is 30.2 Å². The first-order valence-corrected chi connectivity index (χ1v) is 10.0. The fourth-order valence-corrected chi connectivity index (χ4v) is 3.06. The van der Waals surface area contributed by atoms with Crippen molar-refractivity contribution in [2.45, 2.75) is 12.8 Å². The van der Waals surface area contributed by atoms with Gasteiger partial charge in [-0.3, -0.25) is 14.6 Å². The van der Waals surface area contributed by atoms with Crippen molar-refractivity contribution in [1.29, 1.82) is 0 Å². The van der Waals surface area contributed by atoms with E-state index in [1.54, 1.807) is 0 Å². The Morgan fingerprint density at radius 3 is 2.21 bits per heavy atom. The number of nitrogens with zero attached hydrogens (tertiary/aromatic N) is 1. The molecule has 0 atom stereocenters. The van der Waals surface area contributed by atoms with Crippen molar-refractivity contribution >= 4 is 40.4 Å². The van der Waals surface area contributed by atoms with Crippen LogP contribution in [-0.4, -0.2) is 49.6 Å². The molecule has 0 radical (unpaired) electrons. The standard InChI is InChI=1S/C24H22N2O7/c1-31-23(29)16-11-17(24(30)32-2)13-19(12-16)26-21(27)14-33-22(28)10-9-18-8-7-15-5-3-4-6-20(15)25-18/h3-8,11-13H,9-10,14H2,1-2H3,(H,26,27). The lowest BCUT2D eigenvalue weighted by Crippen LogP contribution is -2.21. The average Bonchev–Trinajstić information content (AvgIpc) is 2.84. The van der Waals surface area contributed by atoms with E-state index >= 15 is 0 Å². The highest BCUT2D eigenvalue weighted by Crippen LogP contribution is 2.17. The highest BCUT2D eigenvalue weighted by molar-refractivity contribution is 6.00. The van der Waals surface area contributed by atoms with E-state index in [9.17, 15) is 19.2 Å². The number of carbonyl (C=O) groups excluding carboxylic acids is 4. The molecular formula is C24H22N2O7. The van der Waals surface area contributed by atoms with Crippen LogP contribution in [0, 0.1) is 0 Å². The minimum atomic E-state index is -0.690. The van der Waals surface area contributed by atoms with Crippen LogP contribution in [0.25, 0.3) is 10.9 Å². The van der Waals surface area contributed by atoms with Crippen LogP contribution in [0.5, 0.6) is 0 Å². The molecule has 0 saturated carbocycles. The quantitative estimate of drug-likeness (QED) is 0.411. The van der Waals surface area contributed by atoms with Gasteiger partial charge >= 0.3 is 17.9 Å². The number of nitrogens with one attached hydrogen (secondary N) is 1. The molecule has 1 heterocycles. The van der Waals surface area contributed by atoms with Gasteiger partial charge in [-0.05, 0) is 30.3 Å². The molecule has 170 valence electrons. The summed E-state index contributed by atoms with van der Waals surface area (Å²) in [7, 11) is 2.39. The molecular weight excluding hydrogens is 428 g/mol. The molecule has 3 rings (SSSR count). The number of ether oxygens (including phenoxy) is 3. The Bertz CT molecular complexity index is 1170. The summed E-state index contributed by atoms with van der Waals surface area (Å²) >= 11 is 0. The monoisotopic (exact) mass is 450 g/mol. The number of hydrogen-bond acceptors (Lipinski definition) is 8. The van der Waals surface area contributed by atoms with Crippen molar-refractivity contribution in [3.05, 3.63) is 71.4 Å². The van der Waals surface area contributed by atoms with Crippen molar-refractivity contribution in [2.75, 3.05) is 26.1 Å². The molecule has 0 aliphatic heterocycles. The van der Waals surface area contributed by atoms with Gasteiger partial charge in [-0.2, -0.15) is 0 Å². The van der Waals surface area contributed by atoms with Gasteiger partial charge in [0, 0.05) is 23.2 Å². The Kier molecular flexibility index (Phi) is 7.69. The number of hydrogen-bond donors (Lipinski definition) is 1. The summed E-state index contributed by atoms with van der Waals surface area (Å²) < 4.78 is 14.3. The molecule has 1 amide bonds. The second-order valence-electron chi connectivity index (χ2n) is 6.99. The van der Waals surface area contributed by atoms with E-state index in [0.717, 1.165) is 16.6 Å². The van der Waals surface area contributed by atoms with Gasteiger partial charge in [0.25, 0.3) is 5.91 Å². The van der Waals surface area contributed by atoms with Gasteiger partial charge in [-0.25, -0.2) is 9.59 Å². The summed E-state index contributed by atoms with van der Waals surface area (Å²) in [6.07, 6.45) is 0.428. The van der Waals surface area contributed by atoms with Crippen LogP contribution >= 0.6 is 0 Å². The van der Waals surface area contributed by atoms with Crippen molar-refractivity contribution in [2.24, 2.45) is 0 Å². The Morgan fingerprint density at radius 2 is 1.55 bits per heavy atom. The Morgan fingerprint density at radius 1 is 0.879 bits per heavy atom. The molecule has 1 N–H and O–H groups in total. The summed E-state index contributed by atoms with van der Waals surface area (Å²) in [4.78, 5) is 52.4. The number of fused-ring (bicyclic) bond motifs is 1. The number of methoxy groups -OCH3 is 2. The Balaban J connectivity index is 1.55. The largest absolute Gasteiger partial charge is 0.465 e. The summed E-state index contributed by atoms with van der Waals surface area (Å²) in [5.41, 5.74) is 1.83. The van der Waals surface area contributed by atoms with Crippen molar-refractivity contribution < 1.29 is 33.4 Å². The van der Waals surface area contributed by atoms with Crippen molar-refractivity contribution in [1.82, 2.24) is 4.98 Å². The number of amides is 1. The van der Waals surface area contributed by atoms with Crippen LogP contribution < -0.4 is 5.32 Å². The third kappa shape index (κ3) is 6.36. The zero-order valence-electron chi connectivity index (χ0n) is 18.1. The SMILES string of the molecule is COC(=O)c1cc(NC(=O)COC(=O)CCc2ccc3ccccc3n2)cc(C(=O)OC)c1. The molecule has 0 bridgehead atoms. The predicted octanol–water partition coefficient (Wildman–Crippen LogP) is 2.92. The molecule has 33 heavy (non-hydrogen) atoms. The zero-order valence-corrected chi connectivity index (χ0v) is 18.1. The number of benzene rings is 2. The highest BCUT2D eigenvalue weighted by atomic mass is 16.5. The minimum Gasteiger partial charge on any atom is -0.465 e. The van der Waals surface area contributed by atoms with Gasteiger partial charge in [0.1, 0.15) is 0 Å². The highest BCUT2D eigenvalue weighted by Gasteiger charge is 2.16. The maximum absolute atomic E-state index is 12.2. The lowest BCUT2D eigenvalue weighted by Gasteiger charge is -2.10. The van der Waals surface area contributed by atoms with Gasteiger partial charge in [0.05, 0.1) is 37.3 Å². The van der Waals surface area contributed by atoms with Gasteiger partial charge in [-0.1, -0.05) is 24.3 Å². The maximum atomic E-state index is 12.2. The van der Waals surface area contributed by atoms with E-state index in [-0.39, 0.29) is 23.2 Å². The molecule has 3 aromatic rings. The van der Waals surface area contributed by atoms with E-state index < -0.39 is 30.4 Å². The van der Waals surface area contributed by atoms with Crippen LogP contribution in [0.2, 0.25) is 0 Å². The third-order valence-electron chi connectivity index (χ3n) is 4.66. The first kappa shape index (κ1) is 23.4. The van der Waals surface area contributed by atoms with E-state index in [2.05, 4.69) is 19.8 Å². The Labute approximate surface area is 189 Å². The van der Waals surface area contributed by atoms with Crippen LogP contribution in [0.3, 0.4) is 0 Å². The van der Waals surface area contributed by atoms with E-state index in [4.69, 9.17) is 4.74 Å². The first-order chi connectivity index (χ1) is 15.9. The van der Waals surface area contributed by atoms with Crippen LogP contribution in [0.15, 0.2) is 54.6 Å². The number of pyridine rings is 1. The normalized spacial score (nSPS) is 10.4. The number of carbonyl (C=O) groups is 4. The summed E-state index contributed by atoms with van der Waals surface area (Å²) in [5, 5.41) is 3.49. The van der Waals surface area contributed by atoms with Crippen LogP contribution in [0.1, 0.15) is 32.8 Å². The van der Waals surface area contributed by atoms with E-state index in [1.807, 2.05) is 36.4 Å². The number of esters is 3. The molecule has 0 spiro atoms. The molecule has 1 aromatic heterocycles. The number of aromatic nitrogens is 1. The molecule has 0 saturated heterocycles. The topological polar surface area (TPSA) is 121 Å². The molecule has 0 unspecified atom stereocenters.